The average Bonchev–Trinajstić information content (AvgIpc) is 2.48. The molecule has 1 heterocycles. The molecule has 0 bridgehead atoms. The van der Waals surface area contributed by atoms with E-state index in [1.165, 1.54) is 0 Å². The fraction of sp³-hybridized carbons (Fsp3) is 0.308. The smallest absolute Gasteiger partial charge is 0.278 e. The van der Waals surface area contributed by atoms with E-state index < -0.39 is 5.91 Å². The molecular weight excluding hydrogens is 304 g/mol. The number of hydrogen-bond acceptors (Lipinski definition) is 5. The zero-order valence-corrected chi connectivity index (χ0v) is 13.0. The minimum atomic E-state index is -0.459. The van der Waals surface area contributed by atoms with Crippen molar-refractivity contribution in [3.63, 3.8) is 0 Å². The van der Waals surface area contributed by atoms with Crippen molar-refractivity contribution in [1.82, 2.24) is 31.2 Å². The molecule has 0 fully saturated rings. The molecule has 0 aliphatic heterocycles. The average molecular weight is 320 g/mol. The van der Waals surface area contributed by atoms with Crippen LogP contribution in [0.25, 0.3) is 10.9 Å². The first kappa shape index (κ1) is 15.8. The predicted molar refractivity (Wildman–Crippen MR) is 85.9 cm³/mol. The lowest BCUT2D eigenvalue weighted by Crippen LogP contribution is -2.50. The first-order chi connectivity index (χ1) is 10.5. The maximum Gasteiger partial charge on any atom is 0.278 e. The second-order valence-electron chi connectivity index (χ2n) is 4.87. The maximum absolute atomic E-state index is 12.2. The van der Waals surface area contributed by atoms with Crippen LogP contribution < -0.4 is 21.7 Å². The van der Waals surface area contributed by atoms with Crippen LogP contribution in [0.2, 0.25) is 0 Å². The van der Waals surface area contributed by atoms with E-state index in [0.717, 1.165) is 4.68 Å². The Kier molecular flexibility index (Phi) is 4.99. The zero-order valence-electron chi connectivity index (χ0n) is 12.2. The number of rotatable bonds is 3. The molecule has 0 aliphatic carbocycles. The molecule has 22 heavy (non-hydrogen) atoms. The van der Waals surface area contributed by atoms with E-state index >= 15 is 0 Å². The van der Waals surface area contributed by atoms with Crippen molar-refractivity contribution in [1.29, 1.82) is 0 Å². The molecule has 0 radical (unpaired) electrons. The summed E-state index contributed by atoms with van der Waals surface area (Å²) in [5.74, 6) is -0.459. The molecule has 0 atom stereocenters. The van der Waals surface area contributed by atoms with Gasteiger partial charge in [0, 0.05) is 6.04 Å². The SMILES string of the molecule is CC(C)NC(=S)NNC(=O)Cn1nnc2ccccc2c1=O. The Balaban J connectivity index is 2.02. The number of hydrazine groups is 1. The highest BCUT2D eigenvalue weighted by molar-refractivity contribution is 7.80. The number of benzene rings is 1. The Bertz CT molecular complexity index is 758. The highest BCUT2D eigenvalue weighted by atomic mass is 32.1. The van der Waals surface area contributed by atoms with Crippen LogP contribution in [-0.4, -0.2) is 32.1 Å². The molecule has 0 aliphatic rings. The molecule has 3 N–H and O–H groups in total. The molecule has 9 heteroatoms. The molecule has 0 saturated heterocycles. The van der Waals surface area contributed by atoms with Crippen LogP contribution in [0.3, 0.4) is 0 Å². The van der Waals surface area contributed by atoms with E-state index in [2.05, 4.69) is 26.5 Å². The van der Waals surface area contributed by atoms with Crippen molar-refractivity contribution < 1.29 is 4.79 Å². The lowest BCUT2D eigenvalue weighted by molar-refractivity contribution is -0.122. The Labute approximate surface area is 131 Å². The molecule has 1 aromatic heterocycles. The maximum atomic E-state index is 12.2. The van der Waals surface area contributed by atoms with E-state index in [0.29, 0.717) is 16.0 Å². The molecule has 1 aromatic carbocycles. The molecule has 1 amide bonds. The van der Waals surface area contributed by atoms with Crippen LogP contribution in [0.1, 0.15) is 13.8 Å². The summed E-state index contributed by atoms with van der Waals surface area (Å²) in [5, 5.41) is 11.3. The number of nitrogens with one attached hydrogen (secondary N) is 3. The van der Waals surface area contributed by atoms with Gasteiger partial charge in [0.25, 0.3) is 11.5 Å². The highest BCUT2D eigenvalue weighted by Gasteiger charge is 2.09. The summed E-state index contributed by atoms with van der Waals surface area (Å²) in [7, 11) is 0. The van der Waals surface area contributed by atoms with Crippen LogP contribution in [0.15, 0.2) is 29.1 Å². The third kappa shape index (κ3) is 3.98. The summed E-state index contributed by atoms with van der Waals surface area (Å²) < 4.78 is 0.998. The third-order valence-corrected chi connectivity index (χ3v) is 2.88. The number of fused-ring (bicyclic) bond motifs is 1. The van der Waals surface area contributed by atoms with Crippen molar-refractivity contribution in [2.45, 2.75) is 26.4 Å². The minimum absolute atomic E-state index is 0.144. The van der Waals surface area contributed by atoms with Gasteiger partial charge in [0.2, 0.25) is 0 Å². The topological polar surface area (TPSA) is 101 Å². The van der Waals surface area contributed by atoms with E-state index in [-0.39, 0.29) is 18.1 Å². The molecule has 2 aromatic rings. The summed E-state index contributed by atoms with van der Waals surface area (Å²) >= 11 is 4.97. The number of carbonyl (C=O) groups is 1. The van der Waals surface area contributed by atoms with Crippen LogP contribution in [-0.2, 0) is 11.3 Å². The van der Waals surface area contributed by atoms with E-state index in [1.807, 2.05) is 13.8 Å². The van der Waals surface area contributed by atoms with Crippen molar-refractivity contribution in [2.75, 3.05) is 0 Å². The fourth-order valence-electron chi connectivity index (χ4n) is 1.73. The minimum Gasteiger partial charge on any atom is -0.359 e. The second kappa shape index (κ2) is 6.94. The van der Waals surface area contributed by atoms with Gasteiger partial charge in [-0.25, -0.2) is 4.68 Å². The lowest BCUT2D eigenvalue weighted by atomic mass is 10.2. The van der Waals surface area contributed by atoms with Gasteiger partial charge < -0.3 is 5.32 Å². The zero-order chi connectivity index (χ0) is 16.1. The Hall–Kier alpha value is -2.55. The summed E-state index contributed by atoms with van der Waals surface area (Å²) in [4.78, 5) is 24.0. The molecule has 0 unspecified atom stereocenters. The molecule has 8 nitrogen and oxygen atoms in total. The van der Waals surface area contributed by atoms with Crippen molar-refractivity contribution >= 4 is 34.1 Å². The molecule has 0 saturated carbocycles. The van der Waals surface area contributed by atoms with Gasteiger partial charge in [0.15, 0.2) is 5.11 Å². The summed E-state index contributed by atoms with van der Waals surface area (Å²) in [6.45, 7) is 3.58. The third-order valence-electron chi connectivity index (χ3n) is 2.66. The van der Waals surface area contributed by atoms with Gasteiger partial charge in [0.1, 0.15) is 12.1 Å². The first-order valence-electron chi connectivity index (χ1n) is 6.65. The molecule has 0 spiro atoms. The normalized spacial score (nSPS) is 10.5. The van der Waals surface area contributed by atoms with Crippen LogP contribution in [0, 0.1) is 0 Å². The van der Waals surface area contributed by atoms with Gasteiger partial charge >= 0.3 is 0 Å². The standard InChI is InChI=1S/C13H16N6O2S/c1-8(2)14-13(22)17-16-11(20)7-19-12(21)9-5-3-4-6-10(9)15-18-19/h3-6,8H,7H2,1-2H3,(H,16,20)(H2,14,17,22). The Morgan fingerprint density at radius 2 is 2.05 bits per heavy atom. The van der Waals surface area contributed by atoms with Gasteiger partial charge in [0.05, 0.1) is 5.39 Å². The Morgan fingerprint density at radius 1 is 1.32 bits per heavy atom. The van der Waals surface area contributed by atoms with Gasteiger partial charge in [-0.05, 0) is 38.2 Å². The van der Waals surface area contributed by atoms with Crippen molar-refractivity contribution in [2.24, 2.45) is 0 Å². The highest BCUT2D eigenvalue weighted by Crippen LogP contribution is 2.02. The van der Waals surface area contributed by atoms with Crippen molar-refractivity contribution in [3.8, 4) is 0 Å². The number of amides is 1. The number of aromatic nitrogens is 3. The van der Waals surface area contributed by atoms with Gasteiger partial charge in [-0.15, -0.1) is 5.10 Å². The van der Waals surface area contributed by atoms with Crippen LogP contribution in [0.4, 0.5) is 0 Å². The van der Waals surface area contributed by atoms with Gasteiger partial charge in [-0.3, -0.25) is 20.4 Å². The largest absolute Gasteiger partial charge is 0.359 e. The van der Waals surface area contributed by atoms with Crippen LogP contribution in [0.5, 0.6) is 0 Å². The van der Waals surface area contributed by atoms with E-state index in [9.17, 15) is 9.59 Å². The number of carbonyl (C=O) groups excluding carboxylic acids is 1. The van der Waals surface area contributed by atoms with E-state index in [1.54, 1.807) is 24.3 Å². The van der Waals surface area contributed by atoms with E-state index in [4.69, 9.17) is 12.2 Å². The van der Waals surface area contributed by atoms with Crippen LogP contribution >= 0.6 is 12.2 Å². The first-order valence-corrected chi connectivity index (χ1v) is 7.06. The molecule has 116 valence electrons. The summed E-state index contributed by atoms with van der Waals surface area (Å²) in [6, 6.07) is 6.96. The van der Waals surface area contributed by atoms with Gasteiger partial charge in [-0.1, -0.05) is 17.3 Å². The molecule has 2 rings (SSSR count). The van der Waals surface area contributed by atoms with Crippen molar-refractivity contribution in [3.05, 3.63) is 34.6 Å². The fourth-order valence-corrected chi connectivity index (χ4v) is 2.01. The second-order valence-corrected chi connectivity index (χ2v) is 5.28. The van der Waals surface area contributed by atoms with Gasteiger partial charge in [-0.2, -0.15) is 0 Å². The number of nitrogens with zero attached hydrogens (tertiary/aromatic N) is 3. The lowest BCUT2D eigenvalue weighted by Gasteiger charge is -2.13. The summed E-state index contributed by atoms with van der Waals surface area (Å²) in [6.07, 6.45) is 0. The Morgan fingerprint density at radius 3 is 2.77 bits per heavy atom. The number of thiocarbonyl (C=S) groups is 1. The predicted octanol–water partition coefficient (Wildman–Crippen LogP) is -0.305. The monoisotopic (exact) mass is 320 g/mol. The molecular formula is C13H16N6O2S. The quantitative estimate of drug-likeness (QED) is 0.527. The number of hydrogen-bond donors (Lipinski definition) is 3. The summed E-state index contributed by atoms with van der Waals surface area (Å²) in [5.41, 5.74) is 5.06.